The van der Waals surface area contributed by atoms with Crippen LogP contribution in [0.2, 0.25) is 0 Å². The highest BCUT2D eigenvalue weighted by Gasteiger charge is 2.46. The van der Waals surface area contributed by atoms with Crippen LogP contribution in [0.4, 0.5) is 18.0 Å². The van der Waals surface area contributed by atoms with Gasteiger partial charge in [0, 0.05) is 18.1 Å². The minimum absolute atomic E-state index is 0.255. The van der Waals surface area contributed by atoms with E-state index in [0.29, 0.717) is 12.8 Å². The Labute approximate surface area is 101 Å². The molecule has 0 aromatic carbocycles. The maximum atomic E-state index is 12.1. The zero-order valence-electron chi connectivity index (χ0n) is 9.41. The number of alkyl halides is 3. The monoisotopic (exact) mass is 266 g/mol. The van der Waals surface area contributed by atoms with Crippen molar-refractivity contribution in [3.63, 3.8) is 0 Å². The summed E-state index contributed by atoms with van der Waals surface area (Å²) in [6, 6.07) is -1.15. The van der Waals surface area contributed by atoms with Crippen LogP contribution in [0.15, 0.2) is 0 Å². The minimum Gasteiger partial charge on any atom is -0.465 e. The number of amides is 2. The second-order valence-electron chi connectivity index (χ2n) is 4.71. The molecule has 0 saturated carbocycles. The van der Waals surface area contributed by atoms with Crippen molar-refractivity contribution >= 4 is 12.0 Å². The lowest BCUT2D eigenvalue weighted by molar-refractivity contribution is -0.174. The van der Waals surface area contributed by atoms with Crippen molar-refractivity contribution in [1.82, 2.24) is 10.2 Å². The van der Waals surface area contributed by atoms with Crippen molar-refractivity contribution in [3.05, 3.63) is 0 Å². The van der Waals surface area contributed by atoms with Gasteiger partial charge in [-0.15, -0.1) is 0 Å². The van der Waals surface area contributed by atoms with Crippen LogP contribution in [0.3, 0.4) is 0 Å². The van der Waals surface area contributed by atoms with E-state index in [4.69, 9.17) is 5.11 Å². The summed E-state index contributed by atoms with van der Waals surface area (Å²) in [6.07, 6.45) is -4.12. The highest BCUT2D eigenvalue weighted by atomic mass is 19.4. The summed E-state index contributed by atoms with van der Waals surface area (Å²) in [7, 11) is 0. The van der Waals surface area contributed by atoms with E-state index in [0.717, 1.165) is 0 Å². The van der Waals surface area contributed by atoms with Gasteiger partial charge in [-0.3, -0.25) is 4.79 Å². The van der Waals surface area contributed by atoms with Crippen molar-refractivity contribution in [2.75, 3.05) is 0 Å². The van der Waals surface area contributed by atoms with Crippen molar-refractivity contribution in [1.29, 1.82) is 0 Å². The molecular weight excluding hydrogens is 253 g/mol. The summed E-state index contributed by atoms with van der Waals surface area (Å²) in [6.45, 7) is 0. The van der Waals surface area contributed by atoms with E-state index in [1.165, 1.54) is 4.90 Å². The number of halogens is 3. The zero-order valence-corrected chi connectivity index (χ0v) is 9.41. The van der Waals surface area contributed by atoms with Gasteiger partial charge in [-0.25, -0.2) is 4.79 Å². The summed E-state index contributed by atoms with van der Waals surface area (Å²) < 4.78 is 36.3. The molecule has 0 spiro atoms. The SMILES string of the molecule is O=C(O)N1C2CCC1CC(NC(=O)C(F)(F)F)C2. The molecule has 2 bridgehead atoms. The van der Waals surface area contributed by atoms with E-state index < -0.39 is 24.2 Å². The zero-order chi connectivity index (χ0) is 13.5. The van der Waals surface area contributed by atoms with Crippen LogP contribution in [-0.4, -0.2) is 46.3 Å². The number of piperidine rings is 1. The molecule has 2 heterocycles. The van der Waals surface area contributed by atoms with Gasteiger partial charge >= 0.3 is 18.2 Å². The van der Waals surface area contributed by atoms with Crippen LogP contribution in [0.25, 0.3) is 0 Å². The smallest absolute Gasteiger partial charge is 0.465 e. The molecule has 18 heavy (non-hydrogen) atoms. The van der Waals surface area contributed by atoms with Crippen LogP contribution in [-0.2, 0) is 4.79 Å². The number of nitrogens with zero attached hydrogens (tertiary/aromatic N) is 1. The lowest BCUT2D eigenvalue weighted by Crippen LogP contribution is -2.53. The molecule has 2 fully saturated rings. The fraction of sp³-hybridized carbons (Fsp3) is 0.800. The van der Waals surface area contributed by atoms with Gasteiger partial charge < -0.3 is 15.3 Å². The molecule has 2 atom stereocenters. The molecule has 2 aliphatic rings. The van der Waals surface area contributed by atoms with E-state index in [1.807, 2.05) is 5.32 Å². The molecule has 2 amide bonds. The van der Waals surface area contributed by atoms with Gasteiger partial charge in [-0.2, -0.15) is 13.2 Å². The third-order valence-corrected chi connectivity index (χ3v) is 3.55. The van der Waals surface area contributed by atoms with Gasteiger partial charge in [0.2, 0.25) is 0 Å². The van der Waals surface area contributed by atoms with E-state index in [2.05, 4.69) is 0 Å². The molecule has 2 rings (SSSR count). The quantitative estimate of drug-likeness (QED) is 0.752. The van der Waals surface area contributed by atoms with Crippen LogP contribution >= 0.6 is 0 Å². The number of nitrogens with one attached hydrogen (secondary N) is 1. The standard InChI is InChI=1S/C10H13F3N2O3/c11-10(12,13)8(16)14-5-3-6-1-2-7(4-5)15(6)9(17)18/h5-7H,1-4H2,(H,14,16)(H,17,18). The summed E-state index contributed by atoms with van der Waals surface area (Å²) in [4.78, 5) is 23.1. The van der Waals surface area contributed by atoms with Crippen LogP contribution in [0.5, 0.6) is 0 Å². The lowest BCUT2D eigenvalue weighted by Gasteiger charge is -2.37. The third-order valence-electron chi connectivity index (χ3n) is 3.55. The number of hydrogen-bond donors (Lipinski definition) is 2. The van der Waals surface area contributed by atoms with E-state index in [-0.39, 0.29) is 24.9 Å². The Morgan fingerprint density at radius 1 is 1.17 bits per heavy atom. The molecule has 2 aliphatic heterocycles. The van der Waals surface area contributed by atoms with E-state index >= 15 is 0 Å². The van der Waals surface area contributed by atoms with Crippen molar-refractivity contribution in [2.45, 2.75) is 50.0 Å². The first-order chi connectivity index (χ1) is 8.29. The highest BCUT2D eigenvalue weighted by molar-refractivity contribution is 5.82. The number of fused-ring (bicyclic) bond motifs is 2. The highest BCUT2D eigenvalue weighted by Crippen LogP contribution is 2.35. The fourth-order valence-corrected chi connectivity index (χ4v) is 2.87. The van der Waals surface area contributed by atoms with Crippen molar-refractivity contribution < 1.29 is 27.9 Å². The Kier molecular flexibility index (Phi) is 3.12. The van der Waals surface area contributed by atoms with Crippen molar-refractivity contribution in [2.24, 2.45) is 0 Å². The van der Waals surface area contributed by atoms with Crippen molar-refractivity contribution in [3.8, 4) is 0 Å². The second-order valence-corrected chi connectivity index (χ2v) is 4.71. The second kappa shape index (κ2) is 4.33. The number of hydrogen-bond acceptors (Lipinski definition) is 2. The lowest BCUT2D eigenvalue weighted by atomic mass is 9.98. The first-order valence-corrected chi connectivity index (χ1v) is 5.68. The molecule has 2 unspecified atom stereocenters. The van der Waals surface area contributed by atoms with Gasteiger partial charge in [0.1, 0.15) is 0 Å². The molecule has 5 nitrogen and oxygen atoms in total. The van der Waals surface area contributed by atoms with Gasteiger partial charge in [0.25, 0.3) is 0 Å². The molecule has 2 saturated heterocycles. The molecule has 0 aromatic heterocycles. The number of carbonyl (C=O) groups is 2. The van der Waals surface area contributed by atoms with Crippen LogP contribution in [0, 0.1) is 0 Å². The average molecular weight is 266 g/mol. The Balaban J connectivity index is 1.97. The molecule has 2 N–H and O–H groups in total. The molecular formula is C10H13F3N2O3. The van der Waals surface area contributed by atoms with E-state index in [1.54, 1.807) is 0 Å². The largest absolute Gasteiger partial charge is 0.471 e. The summed E-state index contributed by atoms with van der Waals surface area (Å²) >= 11 is 0. The molecule has 0 aromatic rings. The normalized spacial score (nSPS) is 31.3. The van der Waals surface area contributed by atoms with Crippen LogP contribution in [0.1, 0.15) is 25.7 Å². The Morgan fingerprint density at radius 2 is 1.67 bits per heavy atom. The Bertz CT molecular complexity index is 358. The van der Waals surface area contributed by atoms with Crippen LogP contribution < -0.4 is 5.32 Å². The van der Waals surface area contributed by atoms with E-state index in [9.17, 15) is 22.8 Å². The molecule has 0 radical (unpaired) electrons. The number of carboxylic acid groups (broad SMARTS) is 1. The Morgan fingerprint density at radius 3 is 2.06 bits per heavy atom. The minimum atomic E-state index is -4.89. The topological polar surface area (TPSA) is 69.6 Å². The number of rotatable bonds is 1. The third kappa shape index (κ3) is 2.37. The van der Waals surface area contributed by atoms with Gasteiger partial charge in [-0.1, -0.05) is 0 Å². The molecule has 102 valence electrons. The summed E-state index contributed by atoms with van der Waals surface area (Å²) in [5.74, 6) is -1.95. The summed E-state index contributed by atoms with van der Waals surface area (Å²) in [5.41, 5.74) is 0. The fourth-order valence-electron chi connectivity index (χ4n) is 2.87. The van der Waals surface area contributed by atoms with Gasteiger partial charge in [0.15, 0.2) is 0 Å². The first kappa shape index (κ1) is 13.0. The molecule has 0 aliphatic carbocycles. The first-order valence-electron chi connectivity index (χ1n) is 5.68. The Hall–Kier alpha value is -1.47. The van der Waals surface area contributed by atoms with Gasteiger partial charge in [-0.05, 0) is 25.7 Å². The average Bonchev–Trinajstić information content (AvgIpc) is 2.50. The predicted molar refractivity (Wildman–Crippen MR) is 53.9 cm³/mol. The predicted octanol–water partition coefficient (Wildman–Crippen LogP) is 1.34. The maximum Gasteiger partial charge on any atom is 0.471 e. The number of carbonyl (C=O) groups excluding carboxylic acids is 1. The maximum absolute atomic E-state index is 12.1. The van der Waals surface area contributed by atoms with Gasteiger partial charge in [0.05, 0.1) is 0 Å². The summed E-state index contributed by atoms with van der Waals surface area (Å²) in [5, 5.41) is 10.9. The molecule has 8 heteroatoms.